The van der Waals surface area contributed by atoms with Gasteiger partial charge in [-0.25, -0.2) is 0 Å². The molecule has 1 saturated carbocycles. The molecule has 5 heteroatoms. The smallest absolute Gasteiger partial charge is 0.0300 e. The van der Waals surface area contributed by atoms with E-state index in [4.69, 9.17) is 9.10 Å². The molecule has 3 aromatic heterocycles. The molecule has 3 heterocycles. The minimum atomic E-state index is -2.09. The summed E-state index contributed by atoms with van der Waals surface area (Å²) in [6.45, 7) is 5.20. The number of aromatic nitrogens is 2. The zero-order chi connectivity index (χ0) is 30.9. The van der Waals surface area contributed by atoms with Crippen LogP contribution in [0.2, 0.25) is 19.6 Å². The van der Waals surface area contributed by atoms with E-state index in [1.165, 1.54) is 68.4 Å². The van der Waals surface area contributed by atoms with Crippen LogP contribution in [0.25, 0.3) is 42.7 Å². The number of rotatable bonds is 4. The number of pyridine rings is 2. The van der Waals surface area contributed by atoms with Crippen molar-refractivity contribution in [1.29, 1.82) is 0 Å². The molecule has 0 atom stereocenters. The second-order valence-electron chi connectivity index (χ2n) is 11.8. The van der Waals surface area contributed by atoms with Crippen molar-refractivity contribution in [2.75, 3.05) is 0 Å². The van der Waals surface area contributed by atoms with E-state index in [0.717, 1.165) is 17.0 Å². The third-order valence-electron chi connectivity index (χ3n) is 7.88. The van der Waals surface area contributed by atoms with E-state index in [1.54, 1.807) is 18.2 Å². The molecule has 0 spiro atoms. The Morgan fingerprint density at radius 1 is 0.905 bits per heavy atom. The minimum absolute atomic E-state index is 0. The van der Waals surface area contributed by atoms with Crippen LogP contribution >= 0.6 is 11.3 Å². The van der Waals surface area contributed by atoms with Gasteiger partial charge in [0, 0.05) is 49.4 Å². The zero-order valence-electron chi connectivity index (χ0n) is 27.2. The van der Waals surface area contributed by atoms with Gasteiger partial charge in [0.15, 0.2) is 0 Å². The number of fused-ring (bicyclic) bond motifs is 3. The number of hydrogen-bond donors (Lipinski definition) is 0. The van der Waals surface area contributed by atoms with Crippen molar-refractivity contribution in [1.82, 2.24) is 9.97 Å². The molecule has 0 bridgehead atoms. The van der Waals surface area contributed by atoms with Crippen molar-refractivity contribution in [2.24, 2.45) is 0 Å². The molecule has 0 saturated heterocycles. The maximum Gasteiger partial charge on any atom is 0.0300 e. The molecule has 2 nitrogen and oxygen atoms in total. The molecule has 215 valence electrons. The average molecular weight is 764 g/mol. The summed E-state index contributed by atoms with van der Waals surface area (Å²) in [6.07, 6.45) is 8.76. The quantitative estimate of drug-likeness (QED) is 0.132. The summed E-state index contributed by atoms with van der Waals surface area (Å²) in [4.78, 5) is 8.90. The summed E-state index contributed by atoms with van der Waals surface area (Å²) in [6, 6.07) is 33.1. The molecule has 0 N–H and O–H groups in total. The average Bonchev–Trinajstić information content (AvgIpc) is 3.70. The second kappa shape index (κ2) is 13.1. The summed E-state index contributed by atoms with van der Waals surface area (Å²) in [5.74, 6) is 0.709. The summed E-state index contributed by atoms with van der Waals surface area (Å²) < 4.78 is 24.4. The third-order valence-corrected chi connectivity index (χ3v) is 11.1. The Morgan fingerprint density at radius 2 is 1.71 bits per heavy atom. The predicted octanol–water partition coefficient (Wildman–Crippen LogP) is 9.97. The number of aryl methyl sites for hydroxylation is 1. The fourth-order valence-electron chi connectivity index (χ4n) is 5.76. The first kappa shape index (κ1) is 26.7. The maximum atomic E-state index is 7.23. The van der Waals surface area contributed by atoms with Crippen molar-refractivity contribution in [2.45, 2.75) is 58.1 Å². The Hall–Kier alpha value is -2.95. The molecule has 1 fully saturated rings. The van der Waals surface area contributed by atoms with Crippen molar-refractivity contribution in [3.05, 3.63) is 115 Å². The normalized spacial score (nSPS) is 14.9. The van der Waals surface area contributed by atoms with E-state index < -0.39 is 14.9 Å². The molecule has 3 aromatic carbocycles. The van der Waals surface area contributed by atoms with Crippen molar-refractivity contribution >= 4 is 44.8 Å². The summed E-state index contributed by atoms with van der Waals surface area (Å²) in [5, 5.41) is 4.35. The fourth-order valence-corrected chi connectivity index (χ4v) is 8.59. The second-order valence-corrected chi connectivity index (χ2v) is 17.9. The van der Waals surface area contributed by atoms with Gasteiger partial charge < -0.3 is 9.97 Å². The number of hydrogen-bond acceptors (Lipinski definition) is 3. The molecule has 1 radical (unpaired) electrons. The van der Waals surface area contributed by atoms with Gasteiger partial charge in [-0.2, -0.15) is 11.3 Å². The van der Waals surface area contributed by atoms with Crippen LogP contribution in [-0.2, 0) is 20.1 Å². The first-order valence-corrected chi connectivity index (χ1v) is 18.7. The van der Waals surface area contributed by atoms with Crippen LogP contribution in [0.5, 0.6) is 0 Å². The van der Waals surface area contributed by atoms with Gasteiger partial charge in [0.25, 0.3) is 0 Å². The van der Waals surface area contributed by atoms with Crippen LogP contribution in [0.1, 0.15) is 46.8 Å². The summed E-state index contributed by atoms with van der Waals surface area (Å²) in [5.41, 5.74) is 5.57. The molecule has 0 unspecified atom stereocenters. The van der Waals surface area contributed by atoms with E-state index in [1.807, 2.05) is 35.7 Å². The molecule has 1 aliphatic carbocycles. The number of benzene rings is 3. The number of nitrogens with zero attached hydrogens (tertiary/aromatic N) is 2. The minimum Gasteiger partial charge on any atom is -0.305 e. The van der Waals surface area contributed by atoms with Crippen molar-refractivity contribution in [3.63, 3.8) is 0 Å². The molecule has 42 heavy (non-hydrogen) atoms. The molecule has 7 rings (SSSR count). The van der Waals surface area contributed by atoms with Crippen LogP contribution in [0.15, 0.2) is 91.3 Å². The standard InChI is InChI=1S/C25H26NSSi.C12H10N.Ir/c1-28(2,3)23-13-12-19(25-24(23)20-10-6-7-11-22(20)27-25)21-16-18(14-15-26-21)17-8-4-5-9-17;1-10-7-8-12(13-9-10)11-5-3-2-4-6-11;/h6-7,10-11,13-17H,4-5,8-9H2,1-3H3;2-5,7-9H,1H3;/q2*-1;/i;1D3;. The van der Waals surface area contributed by atoms with Gasteiger partial charge in [-0.1, -0.05) is 79.8 Å². The van der Waals surface area contributed by atoms with Gasteiger partial charge in [0.1, 0.15) is 0 Å². The fraction of sp³-hybridized carbons (Fsp3) is 0.243. The maximum absolute atomic E-state index is 7.23. The van der Waals surface area contributed by atoms with E-state index in [0.29, 0.717) is 5.92 Å². The largest absolute Gasteiger partial charge is 0.305 e. The number of thiophene rings is 1. The molecule has 6 aromatic rings. The first-order chi connectivity index (χ1) is 21.1. The first-order valence-electron chi connectivity index (χ1n) is 15.9. The van der Waals surface area contributed by atoms with E-state index in [-0.39, 0.29) is 25.7 Å². The zero-order valence-corrected chi connectivity index (χ0v) is 28.4. The van der Waals surface area contributed by atoms with Crippen molar-refractivity contribution < 1.29 is 24.2 Å². The van der Waals surface area contributed by atoms with Gasteiger partial charge >= 0.3 is 0 Å². The third kappa shape index (κ3) is 6.50. The predicted molar refractivity (Wildman–Crippen MR) is 179 cm³/mol. The molecular formula is C37H36IrN2SSi-2. The van der Waals surface area contributed by atoms with Gasteiger partial charge in [0.2, 0.25) is 0 Å². The van der Waals surface area contributed by atoms with Gasteiger partial charge in [-0.3, -0.25) is 0 Å². The van der Waals surface area contributed by atoms with Crippen LogP contribution in [0, 0.1) is 19.0 Å². The Bertz CT molecular complexity index is 1890. The van der Waals surface area contributed by atoms with Gasteiger partial charge in [0.05, 0.1) is 0 Å². The van der Waals surface area contributed by atoms with Crippen LogP contribution in [0.3, 0.4) is 0 Å². The van der Waals surface area contributed by atoms with Gasteiger partial charge in [-0.05, 0) is 64.8 Å². The monoisotopic (exact) mass is 764 g/mol. The SMILES string of the molecule is C[Si](C)(C)c1c[c-]c(-c2cc(C3CCCC3)ccn2)c2sc3ccccc3c12.[2H]C([2H])([2H])c1ccc(-c2[c-]cccc2)nc1.[Ir]. The topological polar surface area (TPSA) is 25.8 Å². The Balaban J connectivity index is 0.000000202. The van der Waals surface area contributed by atoms with E-state index in [2.05, 4.69) is 79.2 Å². The van der Waals surface area contributed by atoms with E-state index >= 15 is 0 Å². The Labute approximate surface area is 272 Å². The van der Waals surface area contributed by atoms with Gasteiger partial charge in [-0.15, -0.1) is 58.8 Å². The van der Waals surface area contributed by atoms with Crippen LogP contribution < -0.4 is 5.19 Å². The molecule has 0 aliphatic heterocycles. The Kier molecular flexibility index (Phi) is 8.34. The molecular weight excluding hydrogens is 725 g/mol. The molecule has 0 amide bonds. The summed E-state index contributed by atoms with van der Waals surface area (Å²) in [7, 11) is -1.48. The van der Waals surface area contributed by atoms with E-state index in [9.17, 15) is 0 Å². The summed E-state index contributed by atoms with van der Waals surface area (Å²) >= 11 is 1.90. The molecule has 1 aliphatic rings. The van der Waals surface area contributed by atoms with Crippen LogP contribution in [-0.4, -0.2) is 18.0 Å². The Morgan fingerprint density at radius 3 is 2.43 bits per heavy atom. The van der Waals surface area contributed by atoms with Crippen molar-refractivity contribution in [3.8, 4) is 22.5 Å². The van der Waals surface area contributed by atoms with Crippen LogP contribution in [0.4, 0.5) is 0 Å².